The van der Waals surface area contributed by atoms with Gasteiger partial charge >= 0.3 is 5.69 Å². The van der Waals surface area contributed by atoms with Gasteiger partial charge in [0.05, 0.1) is 6.54 Å². The number of amides is 1. The molecule has 1 aromatic carbocycles. The first-order chi connectivity index (χ1) is 16.3. The van der Waals surface area contributed by atoms with Gasteiger partial charge in [0.2, 0.25) is 5.91 Å². The summed E-state index contributed by atoms with van der Waals surface area (Å²) in [5, 5.41) is 0. The predicted molar refractivity (Wildman–Crippen MR) is 131 cm³/mol. The van der Waals surface area contributed by atoms with Crippen LogP contribution < -0.4 is 21.9 Å². The molecule has 3 rings (SSSR count). The predicted octanol–water partition coefficient (Wildman–Crippen LogP) is 1.62. The van der Waals surface area contributed by atoms with Crippen LogP contribution in [0.25, 0.3) is 0 Å². The summed E-state index contributed by atoms with van der Waals surface area (Å²) in [6.07, 6.45) is 2.49. The van der Waals surface area contributed by atoms with Crippen molar-refractivity contribution in [2.75, 3.05) is 49.9 Å². The molecule has 1 aliphatic heterocycles. The number of hydrogen-bond donors (Lipinski definition) is 2. The lowest BCUT2D eigenvalue weighted by Crippen LogP contribution is -2.45. The van der Waals surface area contributed by atoms with Crippen LogP contribution in [0.4, 0.5) is 15.9 Å². The lowest BCUT2D eigenvalue weighted by molar-refractivity contribution is -0.119. The summed E-state index contributed by atoms with van der Waals surface area (Å²) >= 11 is 0. The number of likely N-dealkylation sites (N-methyl/N-ethyl adjacent to an activating group) is 1. The first kappa shape index (κ1) is 25.6. The number of carbonyl (C=O) groups excluding carboxylic acids is 1. The van der Waals surface area contributed by atoms with Gasteiger partial charge in [-0.1, -0.05) is 25.5 Å². The van der Waals surface area contributed by atoms with E-state index in [1.54, 1.807) is 19.1 Å². The number of nitrogens with zero attached hydrogens (tertiary/aromatic N) is 4. The van der Waals surface area contributed by atoms with Crippen LogP contribution in [0.2, 0.25) is 0 Å². The second-order valence-electron chi connectivity index (χ2n) is 8.67. The van der Waals surface area contributed by atoms with Gasteiger partial charge in [-0.25, -0.2) is 9.18 Å². The van der Waals surface area contributed by atoms with Crippen molar-refractivity contribution < 1.29 is 9.18 Å². The van der Waals surface area contributed by atoms with Crippen LogP contribution in [0.3, 0.4) is 0 Å². The normalized spacial score (nSPS) is 15.3. The third-order valence-electron chi connectivity index (χ3n) is 6.20. The molecule has 9 nitrogen and oxygen atoms in total. The topological polar surface area (TPSA) is 108 Å². The molecule has 2 aromatic rings. The maximum Gasteiger partial charge on any atom is 0.330 e. The Kier molecular flexibility index (Phi) is 9.00. The number of rotatable bonds is 9. The molecule has 2 heterocycles. The molecule has 1 saturated heterocycles. The molecule has 186 valence electrons. The monoisotopic (exact) mass is 474 g/mol. The van der Waals surface area contributed by atoms with Crippen molar-refractivity contribution in [3.05, 3.63) is 56.5 Å². The van der Waals surface area contributed by atoms with Crippen LogP contribution in [0.15, 0.2) is 33.9 Å². The molecule has 0 unspecified atom stereocenters. The lowest BCUT2D eigenvalue weighted by Gasteiger charge is -2.27. The number of nitrogen functional groups attached to an aromatic ring is 1. The van der Waals surface area contributed by atoms with Crippen LogP contribution in [0.5, 0.6) is 0 Å². The largest absolute Gasteiger partial charge is 0.383 e. The van der Waals surface area contributed by atoms with Crippen molar-refractivity contribution in [2.24, 2.45) is 0 Å². The first-order valence-corrected chi connectivity index (χ1v) is 12.0. The van der Waals surface area contributed by atoms with Crippen molar-refractivity contribution in [1.82, 2.24) is 19.4 Å². The van der Waals surface area contributed by atoms with Crippen LogP contribution in [-0.2, 0) is 17.9 Å². The Labute approximate surface area is 199 Å². The number of halogens is 1. The number of H-pyrrole nitrogens is 1. The maximum absolute atomic E-state index is 13.2. The minimum Gasteiger partial charge on any atom is -0.383 e. The fourth-order valence-corrected chi connectivity index (χ4v) is 4.30. The zero-order valence-corrected chi connectivity index (χ0v) is 20.1. The van der Waals surface area contributed by atoms with E-state index in [4.69, 9.17) is 5.73 Å². The van der Waals surface area contributed by atoms with Crippen LogP contribution in [-0.4, -0.2) is 64.5 Å². The van der Waals surface area contributed by atoms with Gasteiger partial charge in [-0.2, -0.15) is 0 Å². The van der Waals surface area contributed by atoms with Crippen LogP contribution in [0.1, 0.15) is 38.7 Å². The summed E-state index contributed by atoms with van der Waals surface area (Å²) in [6.45, 7) is 8.44. The Morgan fingerprint density at radius 3 is 2.44 bits per heavy atom. The number of hydrogen-bond acceptors (Lipinski definition) is 6. The molecule has 3 N–H and O–H groups in total. The molecule has 1 amide bonds. The van der Waals surface area contributed by atoms with E-state index in [9.17, 15) is 18.8 Å². The SMILES string of the molecule is CCCCn1c(N)c(N(CC)C(=O)CN2CCCN(Cc3ccc(F)cc3)CC2)c(=O)[nH]c1=O. The number of benzene rings is 1. The van der Waals surface area contributed by atoms with Gasteiger partial charge in [0.25, 0.3) is 5.56 Å². The quantitative estimate of drug-likeness (QED) is 0.572. The van der Waals surface area contributed by atoms with E-state index in [-0.39, 0.29) is 36.3 Å². The minimum atomic E-state index is -0.646. The van der Waals surface area contributed by atoms with Gasteiger partial charge in [0.1, 0.15) is 11.6 Å². The van der Waals surface area contributed by atoms with E-state index >= 15 is 0 Å². The molecule has 0 bridgehead atoms. The number of unbranched alkanes of at least 4 members (excludes halogenated alkanes) is 1. The average Bonchev–Trinajstić information content (AvgIpc) is 3.02. The summed E-state index contributed by atoms with van der Waals surface area (Å²) in [6, 6.07) is 6.53. The van der Waals surface area contributed by atoms with Gasteiger partial charge in [0.15, 0.2) is 5.69 Å². The number of nitrogens with two attached hydrogens (primary N) is 1. The van der Waals surface area contributed by atoms with Crippen molar-refractivity contribution in [2.45, 2.75) is 46.2 Å². The Morgan fingerprint density at radius 2 is 1.76 bits per heavy atom. The Bertz CT molecular complexity index is 1080. The van der Waals surface area contributed by atoms with Gasteiger partial charge in [-0.3, -0.25) is 28.9 Å². The van der Waals surface area contributed by atoms with Gasteiger partial charge in [-0.05, 0) is 50.6 Å². The van der Waals surface area contributed by atoms with Crippen molar-refractivity contribution >= 4 is 17.4 Å². The summed E-state index contributed by atoms with van der Waals surface area (Å²) in [4.78, 5) is 46.1. The number of anilines is 2. The zero-order valence-electron chi connectivity index (χ0n) is 20.1. The van der Waals surface area contributed by atoms with Crippen LogP contribution in [0, 0.1) is 5.82 Å². The fourth-order valence-electron chi connectivity index (χ4n) is 4.30. The summed E-state index contributed by atoms with van der Waals surface area (Å²) in [5.74, 6) is -0.448. The van der Waals surface area contributed by atoms with E-state index in [1.807, 2.05) is 6.92 Å². The number of aromatic amines is 1. The molecule has 0 spiro atoms. The second kappa shape index (κ2) is 11.9. The van der Waals surface area contributed by atoms with Crippen molar-refractivity contribution in [3.63, 3.8) is 0 Å². The molecule has 0 saturated carbocycles. The van der Waals surface area contributed by atoms with Crippen molar-refractivity contribution in [1.29, 1.82) is 0 Å². The number of aromatic nitrogens is 2. The number of carbonyl (C=O) groups is 1. The van der Waals surface area contributed by atoms with Gasteiger partial charge in [-0.15, -0.1) is 0 Å². The first-order valence-electron chi connectivity index (χ1n) is 12.0. The molecule has 10 heteroatoms. The highest BCUT2D eigenvalue weighted by molar-refractivity contribution is 5.96. The fraction of sp³-hybridized carbons (Fsp3) is 0.542. The molecule has 0 aliphatic carbocycles. The molecule has 1 fully saturated rings. The van der Waals surface area contributed by atoms with E-state index in [0.717, 1.165) is 51.0 Å². The Balaban J connectivity index is 1.68. The maximum atomic E-state index is 13.2. The molecule has 0 atom stereocenters. The molecular formula is C24H35FN6O3. The van der Waals surface area contributed by atoms with E-state index < -0.39 is 11.2 Å². The van der Waals surface area contributed by atoms with Crippen molar-refractivity contribution in [3.8, 4) is 0 Å². The molecule has 34 heavy (non-hydrogen) atoms. The van der Waals surface area contributed by atoms with E-state index in [1.165, 1.54) is 21.6 Å². The van der Waals surface area contributed by atoms with E-state index in [0.29, 0.717) is 13.1 Å². The van der Waals surface area contributed by atoms with Crippen LogP contribution >= 0.6 is 0 Å². The third-order valence-corrected chi connectivity index (χ3v) is 6.20. The zero-order chi connectivity index (χ0) is 24.7. The summed E-state index contributed by atoms with van der Waals surface area (Å²) in [7, 11) is 0. The highest BCUT2D eigenvalue weighted by atomic mass is 19.1. The van der Waals surface area contributed by atoms with E-state index in [2.05, 4.69) is 14.8 Å². The molecular weight excluding hydrogens is 439 g/mol. The standard InChI is InChI=1S/C24H35FN6O3/c1-3-5-13-31-22(26)21(23(33)27-24(31)34)30(4-2)20(32)17-29-12-6-11-28(14-15-29)16-18-7-9-19(25)10-8-18/h7-10H,3-6,11-17,26H2,1-2H3,(H,27,33,34). The summed E-state index contributed by atoms with van der Waals surface area (Å²) in [5.41, 5.74) is 6.09. The third kappa shape index (κ3) is 6.32. The van der Waals surface area contributed by atoms with Gasteiger partial charge in [0, 0.05) is 32.7 Å². The molecule has 1 aromatic heterocycles. The highest BCUT2D eigenvalue weighted by Gasteiger charge is 2.25. The average molecular weight is 475 g/mol. The molecule has 1 aliphatic rings. The second-order valence-corrected chi connectivity index (χ2v) is 8.67. The smallest absolute Gasteiger partial charge is 0.330 e. The number of nitrogens with one attached hydrogen (secondary N) is 1. The highest BCUT2D eigenvalue weighted by Crippen LogP contribution is 2.18. The molecule has 0 radical (unpaired) electrons. The Hall–Kier alpha value is -2.98. The lowest BCUT2D eigenvalue weighted by atomic mass is 10.2. The minimum absolute atomic E-state index is 0.0266. The van der Waals surface area contributed by atoms with Gasteiger partial charge < -0.3 is 10.6 Å². The Morgan fingerprint density at radius 1 is 1.09 bits per heavy atom. The summed E-state index contributed by atoms with van der Waals surface area (Å²) < 4.78 is 14.5.